The molecule has 1 aromatic carbocycles. The predicted molar refractivity (Wildman–Crippen MR) is 71.6 cm³/mol. The number of methoxy groups -OCH3 is 1. The third-order valence-electron chi connectivity index (χ3n) is 3.05. The summed E-state index contributed by atoms with van der Waals surface area (Å²) < 4.78 is 33.6. The summed E-state index contributed by atoms with van der Waals surface area (Å²) in [5.74, 6) is -0.828. The van der Waals surface area contributed by atoms with E-state index in [-0.39, 0.29) is 6.04 Å². The van der Waals surface area contributed by atoms with E-state index in [9.17, 15) is 8.78 Å². The van der Waals surface area contributed by atoms with Gasteiger partial charge in [0.15, 0.2) is 5.75 Å². The highest BCUT2D eigenvalue weighted by atomic mass is 19.1. The van der Waals surface area contributed by atoms with Crippen LogP contribution in [0, 0.1) is 11.6 Å². The zero-order valence-corrected chi connectivity index (χ0v) is 11.6. The molecular formula is C14H17F2N3O. The lowest BCUT2D eigenvalue weighted by molar-refractivity contribution is 0.400. The van der Waals surface area contributed by atoms with Crippen molar-refractivity contribution >= 4 is 0 Å². The number of rotatable bonds is 4. The highest BCUT2D eigenvalue weighted by Gasteiger charge is 2.22. The summed E-state index contributed by atoms with van der Waals surface area (Å²) >= 11 is 0. The Morgan fingerprint density at radius 1 is 1.20 bits per heavy atom. The molecule has 0 aliphatic rings. The summed E-state index contributed by atoms with van der Waals surface area (Å²) in [6.45, 7) is 3.88. The molecule has 0 aliphatic heterocycles. The number of nitrogens with two attached hydrogens (primary N) is 1. The van der Waals surface area contributed by atoms with Crippen LogP contribution in [0.25, 0.3) is 0 Å². The van der Waals surface area contributed by atoms with Crippen molar-refractivity contribution < 1.29 is 13.5 Å². The van der Waals surface area contributed by atoms with Gasteiger partial charge in [0.1, 0.15) is 17.3 Å². The van der Waals surface area contributed by atoms with Gasteiger partial charge in [-0.3, -0.25) is 4.68 Å². The van der Waals surface area contributed by atoms with Gasteiger partial charge in [0, 0.05) is 12.1 Å². The SMILES string of the molecule is COc1cnn(C(C)C)c1C(N)c1cc(F)cc(F)c1. The quantitative estimate of drug-likeness (QED) is 0.937. The zero-order valence-electron chi connectivity index (χ0n) is 11.6. The molecule has 1 atom stereocenters. The van der Waals surface area contributed by atoms with E-state index >= 15 is 0 Å². The number of nitrogens with zero attached hydrogens (tertiary/aromatic N) is 2. The van der Waals surface area contributed by atoms with E-state index in [1.54, 1.807) is 10.9 Å². The second kappa shape index (κ2) is 5.58. The van der Waals surface area contributed by atoms with Crippen molar-refractivity contribution in [2.75, 3.05) is 7.11 Å². The summed E-state index contributed by atoms with van der Waals surface area (Å²) in [6.07, 6.45) is 1.55. The van der Waals surface area contributed by atoms with Gasteiger partial charge in [-0.05, 0) is 31.5 Å². The van der Waals surface area contributed by atoms with Gasteiger partial charge < -0.3 is 10.5 Å². The number of benzene rings is 1. The fraction of sp³-hybridized carbons (Fsp3) is 0.357. The maximum Gasteiger partial charge on any atom is 0.161 e. The van der Waals surface area contributed by atoms with Crippen LogP contribution in [-0.2, 0) is 0 Å². The van der Waals surface area contributed by atoms with E-state index < -0.39 is 17.7 Å². The van der Waals surface area contributed by atoms with Gasteiger partial charge in [-0.15, -0.1) is 0 Å². The predicted octanol–water partition coefficient (Wildman–Crippen LogP) is 2.80. The summed E-state index contributed by atoms with van der Waals surface area (Å²) in [4.78, 5) is 0. The van der Waals surface area contributed by atoms with Crippen molar-refractivity contribution in [3.8, 4) is 5.75 Å². The van der Waals surface area contributed by atoms with E-state index in [2.05, 4.69) is 5.10 Å². The average molecular weight is 281 g/mol. The maximum atomic E-state index is 13.3. The summed E-state index contributed by atoms with van der Waals surface area (Å²) in [7, 11) is 1.50. The van der Waals surface area contributed by atoms with Crippen molar-refractivity contribution in [2.45, 2.75) is 25.9 Å². The monoisotopic (exact) mass is 281 g/mol. The largest absolute Gasteiger partial charge is 0.493 e. The second-order valence-corrected chi connectivity index (χ2v) is 4.82. The molecule has 0 amide bonds. The third kappa shape index (κ3) is 2.65. The van der Waals surface area contributed by atoms with Crippen LogP contribution in [0.15, 0.2) is 24.4 Å². The van der Waals surface area contributed by atoms with Crippen LogP contribution in [0.3, 0.4) is 0 Å². The smallest absolute Gasteiger partial charge is 0.161 e. The van der Waals surface area contributed by atoms with Crippen LogP contribution in [0.5, 0.6) is 5.75 Å². The lowest BCUT2D eigenvalue weighted by atomic mass is 10.0. The molecule has 1 heterocycles. The first-order valence-corrected chi connectivity index (χ1v) is 6.27. The Kier molecular flexibility index (Phi) is 4.04. The molecule has 0 radical (unpaired) electrons. The maximum absolute atomic E-state index is 13.3. The molecule has 0 aliphatic carbocycles. The minimum atomic E-state index is -0.722. The highest BCUT2D eigenvalue weighted by molar-refractivity contribution is 5.36. The molecule has 2 N–H and O–H groups in total. The molecule has 0 spiro atoms. The molecular weight excluding hydrogens is 264 g/mol. The number of halogens is 2. The molecule has 4 nitrogen and oxygen atoms in total. The highest BCUT2D eigenvalue weighted by Crippen LogP contribution is 2.30. The van der Waals surface area contributed by atoms with Gasteiger partial charge in [0.05, 0.1) is 19.3 Å². The average Bonchev–Trinajstić information content (AvgIpc) is 2.80. The number of hydrogen-bond acceptors (Lipinski definition) is 3. The van der Waals surface area contributed by atoms with Gasteiger partial charge in [-0.25, -0.2) is 8.78 Å². The Morgan fingerprint density at radius 2 is 1.80 bits per heavy atom. The van der Waals surface area contributed by atoms with E-state index in [0.717, 1.165) is 6.07 Å². The molecule has 20 heavy (non-hydrogen) atoms. The van der Waals surface area contributed by atoms with Gasteiger partial charge in [-0.1, -0.05) is 0 Å². The number of aromatic nitrogens is 2. The lowest BCUT2D eigenvalue weighted by Crippen LogP contribution is -2.19. The Balaban J connectivity index is 2.51. The molecule has 0 bridgehead atoms. The fourth-order valence-corrected chi connectivity index (χ4v) is 2.13. The molecule has 108 valence electrons. The van der Waals surface area contributed by atoms with E-state index in [4.69, 9.17) is 10.5 Å². The van der Waals surface area contributed by atoms with Gasteiger partial charge >= 0.3 is 0 Å². The van der Waals surface area contributed by atoms with Gasteiger partial charge in [0.25, 0.3) is 0 Å². The van der Waals surface area contributed by atoms with Crippen LogP contribution in [-0.4, -0.2) is 16.9 Å². The molecule has 2 rings (SSSR count). The van der Waals surface area contributed by atoms with Crippen molar-refractivity contribution in [3.63, 3.8) is 0 Å². The Morgan fingerprint density at radius 3 is 2.30 bits per heavy atom. The lowest BCUT2D eigenvalue weighted by Gasteiger charge is -2.18. The van der Waals surface area contributed by atoms with Crippen LogP contribution in [0.2, 0.25) is 0 Å². The van der Waals surface area contributed by atoms with Gasteiger partial charge in [-0.2, -0.15) is 5.10 Å². The van der Waals surface area contributed by atoms with Crippen molar-refractivity contribution in [2.24, 2.45) is 5.73 Å². The van der Waals surface area contributed by atoms with E-state index in [1.807, 2.05) is 13.8 Å². The molecule has 2 aromatic rings. The fourth-order valence-electron chi connectivity index (χ4n) is 2.13. The molecule has 0 fully saturated rings. The van der Waals surface area contributed by atoms with Crippen LogP contribution < -0.4 is 10.5 Å². The Labute approximate surface area is 116 Å². The van der Waals surface area contributed by atoms with E-state index in [1.165, 1.54) is 19.2 Å². The molecule has 1 unspecified atom stereocenters. The minimum Gasteiger partial charge on any atom is -0.493 e. The molecule has 1 aromatic heterocycles. The van der Waals surface area contributed by atoms with Crippen LogP contribution in [0.4, 0.5) is 8.78 Å². The normalized spacial score (nSPS) is 12.8. The third-order valence-corrected chi connectivity index (χ3v) is 3.05. The summed E-state index contributed by atoms with van der Waals surface area (Å²) in [6, 6.07) is 2.57. The van der Waals surface area contributed by atoms with Crippen molar-refractivity contribution in [1.82, 2.24) is 9.78 Å². The molecule has 6 heteroatoms. The second-order valence-electron chi connectivity index (χ2n) is 4.82. The molecule has 0 saturated carbocycles. The summed E-state index contributed by atoms with van der Waals surface area (Å²) in [5.41, 5.74) is 7.07. The van der Waals surface area contributed by atoms with Crippen LogP contribution in [0.1, 0.15) is 37.2 Å². The Bertz CT molecular complexity index is 590. The first-order valence-electron chi connectivity index (χ1n) is 6.27. The van der Waals surface area contributed by atoms with Gasteiger partial charge in [0.2, 0.25) is 0 Å². The zero-order chi connectivity index (χ0) is 14.9. The topological polar surface area (TPSA) is 53.1 Å². The first kappa shape index (κ1) is 14.5. The Hall–Kier alpha value is -1.95. The summed E-state index contributed by atoms with van der Waals surface area (Å²) in [5, 5.41) is 4.20. The first-order chi connectivity index (χ1) is 9.43. The standard InChI is InChI=1S/C14H17F2N3O/c1-8(2)19-14(12(20-3)7-18-19)13(17)9-4-10(15)6-11(16)5-9/h4-8,13H,17H2,1-3H3. The van der Waals surface area contributed by atoms with Crippen LogP contribution >= 0.6 is 0 Å². The minimum absolute atomic E-state index is 0.0540. The van der Waals surface area contributed by atoms with Crippen molar-refractivity contribution in [3.05, 3.63) is 47.3 Å². The number of hydrogen-bond donors (Lipinski definition) is 1. The van der Waals surface area contributed by atoms with Crippen molar-refractivity contribution in [1.29, 1.82) is 0 Å². The molecule has 0 saturated heterocycles. The van der Waals surface area contributed by atoms with E-state index in [0.29, 0.717) is 17.0 Å². The number of ether oxygens (including phenoxy) is 1.